The van der Waals surface area contributed by atoms with Crippen molar-refractivity contribution in [2.24, 2.45) is 0 Å². The number of aromatic nitrogens is 2. The largest absolute Gasteiger partial charge is 0.444 e. The number of imidazole rings is 1. The van der Waals surface area contributed by atoms with Crippen molar-refractivity contribution in [3.8, 4) is 0 Å². The number of H-pyrrole nitrogens is 1. The minimum atomic E-state index is -4.57. The van der Waals surface area contributed by atoms with Crippen LogP contribution in [0.15, 0.2) is 54.6 Å². The highest BCUT2D eigenvalue weighted by atomic mass is 19.4. The van der Waals surface area contributed by atoms with Crippen LogP contribution in [0.1, 0.15) is 55.1 Å². The summed E-state index contributed by atoms with van der Waals surface area (Å²) in [4.78, 5) is 35.5. The summed E-state index contributed by atoms with van der Waals surface area (Å²) in [6.45, 7) is 6.39. The van der Waals surface area contributed by atoms with Gasteiger partial charge in [-0.25, -0.2) is 9.78 Å². The number of ether oxygens (including phenoxy) is 1. The molecule has 14 heteroatoms. The third kappa shape index (κ3) is 7.50. The molecule has 0 radical (unpaired) electrons. The number of alkyl halides is 3. The molecule has 11 nitrogen and oxygen atoms in total. The number of nitrogen functional groups attached to an aromatic ring is 1. The molecule has 2 heterocycles. The second-order valence-corrected chi connectivity index (χ2v) is 12.0. The molecule has 242 valence electrons. The van der Waals surface area contributed by atoms with E-state index in [0.29, 0.717) is 59.6 Å². The van der Waals surface area contributed by atoms with Crippen LogP contribution in [-0.2, 0) is 10.9 Å². The van der Waals surface area contributed by atoms with Crippen LogP contribution in [-0.4, -0.2) is 52.9 Å². The summed E-state index contributed by atoms with van der Waals surface area (Å²) in [5.41, 5.74) is 7.37. The average Bonchev–Trinajstić information content (AvgIpc) is 3.37. The molecule has 5 rings (SSSR count). The van der Waals surface area contributed by atoms with Crippen LogP contribution < -0.4 is 26.6 Å². The number of carbonyl (C=O) groups excluding carboxylic acids is 2. The maximum absolute atomic E-state index is 13.7. The number of nitrogens with one attached hydrogen (secondary N) is 5. The average molecular weight is 637 g/mol. The Morgan fingerprint density at radius 2 is 1.80 bits per heavy atom. The number of carbonyl (C=O) groups is 2. The van der Waals surface area contributed by atoms with Crippen LogP contribution >= 0.6 is 0 Å². The predicted octanol–water partition coefficient (Wildman–Crippen LogP) is 6.65. The van der Waals surface area contributed by atoms with Crippen molar-refractivity contribution in [1.82, 2.24) is 15.3 Å². The van der Waals surface area contributed by atoms with Gasteiger partial charge < -0.3 is 41.7 Å². The SMILES string of the molecule is CC(C)(C)OC(=O)NC1CCN(c2cc3[nH]c(Nc4ccccc4C(F)(F)F)nc3cc2C(=O)Nc2ccc(C=N)c(N)c2)CC1. The highest BCUT2D eigenvalue weighted by Crippen LogP contribution is 2.36. The van der Waals surface area contributed by atoms with Crippen molar-refractivity contribution in [2.75, 3.05) is 34.4 Å². The molecule has 1 saturated heterocycles. The molecule has 0 atom stereocenters. The molecule has 0 saturated carbocycles. The molecule has 0 aliphatic carbocycles. The van der Waals surface area contributed by atoms with Gasteiger partial charge in [-0.05, 0) is 76.1 Å². The first-order valence-electron chi connectivity index (χ1n) is 14.6. The fourth-order valence-corrected chi connectivity index (χ4v) is 5.24. The first kappa shape index (κ1) is 32.1. The summed E-state index contributed by atoms with van der Waals surface area (Å²) in [5, 5.41) is 15.9. The molecule has 3 aromatic carbocycles. The van der Waals surface area contributed by atoms with Crippen LogP contribution in [0.5, 0.6) is 0 Å². The third-order valence-corrected chi connectivity index (χ3v) is 7.39. The van der Waals surface area contributed by atoms with Gasteiger partial charge in [0.2, 0.25) is 5.95 Å². The number of para-hydroxylation sites is 1. The lowest BCUT2D eigenvalue weighted by Gasteiger charge is -2.35. The number of benzene rings is 3. The van der Waals surface area contributed by atoms with Gasteiger partial charge in [0.05, 0.1) is 33.5 Å². The maximum Gasteiger partial charge on any atom is 0.418 e. The number of halogens is 3. The Balaban J connectivity index is 1.44. The zero-order chi connectivity index (χ0) is 33.2. The number of nitrogens with zero attached hydrogens (tertiary/aromatic N) is 2. The van der Waals surface area contributed by atoms with Crippen LogP contribution in [0, 0.1) is 5.41 Å². The molecule has 7 N–H and O–H groups in total. The minimum absolute atomic E-state index is 0.0745. The molecule has 1 fully saturated rings. The first-order valence-corrected chi connectivity index (χ1v) is 14.6. The molecule has 1 aromatic heterocycles. The topological polar surface area (TPSA) is 161 Å². The molecule has 0 spiro atoms. The minimum Gasteiger partial charge on any atom is -0.444 e. The Morgan fingerprint density at radius 1 is 1.09 bits per heavy atom. The van der Waals surface area contributed by atoms with Gasteiger partial charge in [0.15, 0.2) is 0 Å². The fourth-order valence-electron chi connectivity index (χ4n) is 5.24. The van der Waals surface area contributed by atoms with E-state index in [1.807, 2.05) is 4.90 Å². The molecule has 4 aromatic rings. The number of hydrogen-bond donors (Lipinski definition) is 6. The van der Waals surface area contributed by atoms with Gasteiger partial charge in [0.25, 0.3) is 5.91 Å². The molecule has 1 aliphatic rings. The Kier molecular flexibility index (Phi) is 8.81. The van der Waals surface area contributed by atoms with Gasteiger partial charge in [-0.3, -0.25) is 4.79 Å². The number of alkyl carbamates (subject to hydrolysis) is 1. The molecule has 0 unspecified atom stereocenters. The molecule has 46 heavy (non-hydrogen) atoms. The Labute approximate surface area is 263 Å². The predicted molar refractivity (Wildman–Crippen MR) is 172 cm³/mol. The number of amides is 2. The normalized spacial score (nSPS) is 14.2. The van der Waals surface area contributed by atoms with E-state index in [9.17, 15) is 22.8 Å². The van der Waals surface area contributed by atoms with Crippen LogP contribution in [0.4, 0.5) is 46.7 Å². The second kappa shape index (κ2) is 12.6. The zero-order valence-corrected chi connectivity index (χ0v) is 25.5. The second-order valence-electron chi connectivity index (χ2n) is 12.0. The lowest BCUT2D eigenvalue weighted by Crippen LogP contribution is -2.46. The van der Waals surface area contributed by atoms with Crippen molar-refractivity contribution in [3.05, 3.63) is 71.3 Å². The van der Waals surface area contributed by atoms with Crippen molar-refractivity contribution in [2.45, 2.75) is 51.4 Å². The van der Waals surface area contributed by atoms with Gasteiger partial charge in [-0.15, -0.1) is 0 Å². The first-order chi connectivity index (χ1) is 21.7. The van der Waals surface area contributed by atoms with Crippen molar-refractivity contribution < 1.29 is 27.5 Å². The van der Waals surface area contributed by atoms with Crippen LogP contribution in [0.3, 0.4) is 0 Å². The number of nitrogens with two attached hydrogens (primary N) is 1. The summed E-state index contributed by atoms with van der Waals surface area (Å²) in [5.74, 6) is -0.377. The molecule has 0 bridgehead atoms. The summed E-state index contributed by atoms with van der Waals surface area (Å²) in [6.07, 6.45) is -2.78. The number of hydrogen-bond acceptors (Lipinski definition) is 8. The van der Waals surface area contributed by atoms with E-state index in [0.717, 1.165) is 12.3 Å². The number of fused-ring (bicyclic) bond motifs is 1. The van der Waals surface area contributed by atoms with E-state index in [4.69, 9.17) is 15.9 Å². The van der Waals surface area contributed by atoms with E-state index in [2.05, 4.69) is 25.9 Å². The monoisotopic (exact) mass is 636 g/mol. The lowest BCUT2D eigenvalue weighted by atomic mass is 10.0. The fraction of sp³-hybridized carbons (Fsp3) is 0.312. The van der Waals surface area contributed by atoms with E-state index < -0.39 is 29.3 Å². The number of rotatable bonds is 7. The Bertz CT molecular complexity index is 1770. The van der Waals surface area contributed by atoms with E-state index in [-0.39, 0.29) is 23.2 Å². The van der Waals surface area contributed by atoms with Crippen molar-refractivity contribution >= 4 is 57.9 Å². The molecular formula is C32H35F3N8O3. The standard InChI is InChI=1S/C32H35F3N8O3/c1-31(2,3)46-30(45)39-19-10-12-43(13-11-19)27-16-26-25(15-21(27)28(44)38-20-9-8-18(17-36)23(37)14-20)41-29(42-26)40-24-7-5-4-6-22(24)32(33,34)35/h4-9,14-17,19,36H,10-13,37H2,1-3H3,(H,38,44)(H,39,45)(H2,40,41,42). The van der Waals surface area contributed by atoms with E-state index in [1.54, 1.807) is 51.1 Å². The van der Waals surface area contributed by atoms with E-state index in [1.165, 1.54) is 18.2 Å². The summed E-state index contributed by atoms with van der Waals surface area (Å²) in [6, 6.07) is 13.1. The van der Waals surface area contributed by atoms with Gasteiger partial charge in [0.1, 0.15) is 5.60 Å². The van der Waals surface area contributed by atoms with Crippen LogP contribution in [0.2, 0.25) is 0 Å². The quantitative estimate of drug-likeness (QED) is 0.0978. The van der Waals surface area contributed by atoms with Gasteiger partial charge in [-0.1, -0.05) is 12.1 Å². The number of anilines is 5. The molecule has 2 amide bonds. The van der Waals surface area contributed by atoms with Gasteiger partial charge >= 0.3 is 12.3 Å². The van der Waals surface area contributed by atoms with Crippen molar-refractivity contribution in [3.63, 3.8) is 0 Å². The highest BCUT2D eigenvalue weighted by molar-refractivity contribution is 6.11. The van der Waals surface area contributed by atoms with Crippen LogP contribution in [0.25, 0.3) is 11.0 Å². The van der Waals surface area contributed by atoms with Crippen molar-refractivity contribution in [1.29, 1.82) is 5.41 Å². The maximum atomic E-state index is 13.7. The van der Waals surface area contributed by atoms with Gasteiger partial charge in [0, 0.05) is 42.3 Å². The lowest BCUT2D eigenvalue weighted by molar-refractivity contribution is -0.136. The number of aromatic amines is 1. The van der Waals surface area contributed by atoms with Gasteiger partial charge in [-0.2, -0.15) is 13.2 Å². The Morgan fingerprint density at radius 3 is 2.46 bits per heavy atom. The third-order valence-electron chi connectivity index (χ3n) is 7.39. The summed E-state index contributed by atoms with van der Waals surface area (Å²) in [7, 11) is 0. The summed E-state index contributed by atoms with van der Waals surface area (Å²) < 4.78 is 46.2. The zero-order valence-electron chi connectivity index (χ0n) is 25.5. The smallest absolute Gasteiger partial charge is 0.418 e. The summed E-state index contributed by atoms with van der Waals surface area (Å²) >= 11 is 0. The number of piperidine rings is 1. The highest BCUT2D eigenvalue weighted by Gasteiger charge is 2.33. The van der Waals surface area contributed by atoms with E-state index >= 15 is 0 Å². The Hall–Kier alpha value is -5.27. The molecule has 1 aliphatic heterocycles. The molecular weight excluding hydrogens is 601 g/mol.